The van der Waals surface area contributed by atoms with Crippen molar-refractivity contribution in [3.8, 4) is 5.69 Å². The highest BCUT2D eigenvalue weighted by atomic mass is 35.5. The van der Waals surface area contributed by atoms with Crippen molar-refractivity contribution >= 4 is 34.4 Å². The molecule has 0 saturated heterocycles. The lowest BCUT2D eigenvalue weighted by Crippen LogP contribution is -2.03. The Morgan fingerprint density at radius 2 is 2.00 bits per heavy atom. The first-order valence-corrected chi connectivity index (χ1v) is 6.88. The van der Waals surface area contributed by atoms with Crippen LogP contribution in [0.3, 0.4) is 0 Å². The van der Waals surface area contributed by atoms with Gasteiger partial charge in [-0.15, -0.1) is 11.6 Å². The summed E-state index contributed by atoms with van der Waals surface area (Å²) in [4.78, 5) is 8.81. The maximum absolute atomic E-state index is 14.2. The van der Waals surface area contributed by atoms with Gasteiger partial charge in [-0.05, 0) is 37.3 Å². The Morgan fingerprint density at radius 1 is 1.20 bits per heavy atom. The number of benzene rings is 1. The normalized spacial score (nSPS) is 11.2. The number of pyridine rings is 1. The van der Waals surface area contributed by atoms with Crippen LogP contribution >= 0.6 is 23.2 Å². The van der Waals surface area contributed by atoms with Gasteiger partial charge in [0.15, 0.2) is 5.65 Å². The van der Waals surface area contributed by atoms with Crippen LogP contribution in [-0.2, 0) is 5.88 Å². The number of rotatable bonds is 2. The average molecular weight is 310 g/mol. The van der Waals surface area contributed by atoms with Crippen molar-refractivity contribution in [3.63, 3.8) is 0 Å². The molecule has 6 heteroatoms. The zero-order valence-electron chi connectivity index (χ0n) is 10.6. The standard InChI is InChI=1S/C14H10Cl2FN3/c1-8-2-4-11-14(18-8)20(13(7-15)19-11)12-5-3-9(16)6-10(12)17/h2-6H,7H2,1H3. The van der Waals surface area contributed by atoms with Gasteiger partial charge in [-0.25, -0.2) is 14.4 Å². The van der Waals surface area contributed by atoms with Crippen LogP contribution in [0.1, 0.15) is 11.5 Å². The highest BCUT2D eigenvalue weighted by molar-refractivity contribution is 6.30. The molecule has 0 saturated carbocycles. The second-order valence-corrected chi connectivity index (χ2v) is 5.09. The zero-order valence-corrected chi connectivity index (χ0v) is 12.1. The number of halogens is 3. The predicted molar refractivity (Wildman–Crippen MR) is 78.1 cm³/mol. The number of fused-ring (bicyclic) bond motifs is 1. The molecule has 0 unspecified atom stereocenters. The van der Waals surface area contributed by atoms with Gasteiger partial charge in [0, 0.05) is 10.7 Å². The van der Waals surface area contributed by atoms with Gasteiger partial charge in [0.25, 0.3) is 0 Å². The Hall–Kier alpha value is -1.65. The van der Waals surface area contributed by atoms with Crippen LogP contribution in [-0.4, -0.2) is 14.5 Å². The molecule has 0 aliphatic carbocycles. The summed E-state index contributed by atoms with van der Waals surface area (Å²) in [6.45, 7) is 1.87. The maximum Gasteiger partial charge on any atom is 0.165 e. The molecule has 20 heavy (non-hydrogen) atoms. The topological polar surface area (TPSA) is 30.7 Å². The number of alkyl halides is 1. The van der Waals surface area contributed by atoms with Crippen LogP contribution in [0.5, 0.6) is 0 Å². The molecule has 0 atom stereocenters. The monoisotopic (exact) mass is 309 g/mol. The van der Waals surface area contributed by atoms with Gasteiger partial charge < -0.3 is 0 Å². The number of hydrogen-bond donors (Lipinski definition) is 0. The molecule has 0 bridgehead atoms. The van der Waals surface area contributed by atoms with E-state index in [0.29, 0.717) is 27.7 Å². The van der Waals surface area contributed by atoms with Gasteiger partial charge in [0.1, 0.15) is 17.2 Å². The fourth-order valence-corrected chi connectivity index (χ4v) is 2.44. The molecule has 0 aliphatic rings. The highest BCUT2D eigenvalue weighted by Gasteiger charge is 2.16. The third kappa shape index (κ3) is 2.15. The Kier molecular flexibility index (Phi) is 3.36. The van der Waals surface area contributed by atoms with Crippen LogP contribution in [0.15, 0.2) is 30.3 Å². The van der Waals surface area contributed by atoms with Crippen LogP contribution in [0, 0.1) is 12.7 Å². The van der Waals surface area contributed by atoms with Crippen LogP contribution in [0.2, 0.25) is 5.02 Å². The van der Waals surface area contributed by atoms with Crippen molar-refractivity contribution in [3.05, 3.63) is 52.7 Å². The Balaban J connectivity index is 2.36. The van der Waals surface area contributed by atoms with E-state index >= 15 is 0 Å². The van der Waals surface area contributed by atoms with Crippen molar-refractivity contribution in [1.82, 2.24) is 14.5 Å². The van der Waals surface area contributed by atoms with E-state index in [0.717, 1.165) is 5.69 Å². The van der Waals surface area contributed by atoms with Gasteiger partial charge >= 0.3 is 0 Å². The minimum absolute atomic E-state index is 0.164. The van der Waals surface area contributed by atoms with E-state index in [-0.39, 0.29) is 5.88 Å². The molecule has 3 nitrogen and oxygen atoms in total. The van der Waals surface area contributed by atoms with Crippen molar-refractivity contribution < 1.29 is 4.39 Å². The molecular formula is C14H10Cl2FN3. The molecule has 0 N–H and O–H groups in total. The maximum atomic E-state index is 14.2. The molecular weight excluding hydrogens is 300 g/mol. The first kappa shape index (κ1) is 13.3. The highest BCUT2D eigenvalue weighted by Crippen LogP contribution is 2.25. The van der Waals surface area contributed by atoms with E-state index in [4.69, 9.17) is 23.2 Å². The SMILES string of the molecule is Cc1ccc2nc(CCl)n(-c3ccc(Cl)cc3F)c2n1. The summed E-state index contributed by atoms with van der Waals surface area (Å²) in [5.74, 6) is 0.268. The molecule has 1 aromatic carbocycles. The van der Waals surface area contributed by atoms with Crippen molar-refractivity contribution in [2.24, 2.45) is 0 Å². The van der Waals surface area contributed by atoms with Crippen molar-refractivity contribution in [1.29, 1.82) is 0 Å². The number of aromatic nitrogens is 3. The Bertz CT molecular complexity index is 798. The summed E-state index contributed by atoms with van der Waals surface area (Å²) >= 11 is 11.7. The summed E-state index contributed by atoms with van der Waals surface area (Å²) in [6, 6.07) is 8.18. The summed E-state index contributed by atoms with van der Waals surface area (Å²) in [5.41, 5.74) is 2.43. The van der Waals surface area contributed by atoms with Gasteiger partial charge in [-0.1, -0.05) is 11.6 Å². The summed E-state index contributed by atoms with van der Waals surface area (Å²) in [7, 11) is 0. The Labute approximate surface area is 125 Å². The van der Waals surface area contributed by atoms with E-state index in [1.54, 1.807) is 16.7 Å². The van der Waals surface area contributed by atoms with E-state index in [1.165, 1.54) is 6.07 Å². The van der Waals surface area contributed by atoms with Crippen LogP contribution in [0.25, 0.3) is 16.9 Å². The minimum atomic E-state index is -0.438. The number of hydrogen-bond acceptors (Lipinski definition) is 2. The fourth-order valence-electron chi connectivity index (χ4n) is 2.10. The largest absolute Gasteiger partial charge is 0.277 e. The lowest BCUT2D eigenvalue weighted by molar-refractivity contribution is 0.617. The molecule has 2 aromatic heterocycles. The second kappa shape index (κ2) is 5.04. The fraction of sp³-hybridized carbons (Fsp3) is 0.143. The van der Waals surface area contributed by atoms with Gasteiger partial charge in [0.2, 0.25) is 0 Å². The van der Waals surface area contributed by atoms with E-state index in [2.05, 4.69) is 9.97 Å². The number of imidazole rings is 1. The smallest absolute Gasteiger partial charge is 0.165 e. The van der Waals surface area contributed by atoms with Crippen molar-refractivity contribution in [2.45, 2.75) is 12.8 Å². The van der Waals surface area contributed by atoms with Crippen LogP contribution < -0.4 is 0 Å². The van der Waals surface area contributed by atoms with Gasteiger partial charge in [-0.2, -0.15) is 0 Å². The molecule has 3 aromatic rings. The summed E-state index contributed by atoms with van der Waals surface area (Å²) in [6.07, 6.45) is 0. The molecule has 0 amide bonds. The van der Waals surface area contributed by atoms with Crippen LogP contribution in [0.4, 0.5) is 4.39 Å². The zero-order chi connectivity index (χ0) is 14.3. The summed E-state index contributed by atoms with van der Waals surface area (Å²) < 4.78 is 15.8. The lowest BCUT2D eigenvalue weighted by Gasteiger charge is -2.08. The van der Waals surface area contributed by atoms with E-state index < -0.39 is 5.82 Å². The quantitative estimate of drug-likeness (QED) is 0.662. The third-order valence-corrected chi connectivity index (χ3v) is 3.46. The molecule has 0 spiro atoms. The first-order valence-electron chi connectivity index (χ1n) is 5.96. The van der Waals surface area contributed by atoms with Crippen molar-refractivity contribution in [2.75, 3.05) is 0 Å². The molecule has 102 valence electrons. The first-order chi connectivity index (χ1) is 9.60. The van der Waals surface area contributed by atoms with Gasteiger partial charge in [0.05, 0.1) is 11.6 Å². The molecule has 2 heterocycles. The molecule has 0 aliphatic heterocycles. The van der Waals surface area contributed by atoms with E-state index in [1.807, 2.05) is 19.1 Å². The lowest BCUT2D eigenvalue weighted by atomic mass is 10.3. The molecule has 0 radical (unpaired) electrons. The number of aryl methyl sites for hydroxylation is 1. The number of nitrogens with zero attached hydrogens (tertiary/aromatic N) is 3. The van der Waals surface area contributed by atoms with Gasteiger partial charge in [-0.3, -0.25) is 4.57 Å². The summed E-state index contributed by atoms with van der Waals surface area (Å²) in [5, 5.41) is 0.340. The second-order valence-electron chi connectivity index (χ2n) is 4.39. The van der Waals surface area contributed by atoms with E-state index in [9.17, 15) is 4.39 Å². The molecule has 0 fully saturated rings. The Morgan fingerprint density at radius 3 is 2.70 bits per heavy atom. The average Bonchev–Trinajstić information content (AvgIpc) is 2.76. The third-order valence-electron chi connectivity index (χ3n) is 2.98. The predicted octanol–water partition coefficient (Wildman–Crippen LogP) is 4.26. The minimum Gasteiger partial charge on any atom is -0.277 e. The molecule has 3 rings (SSSR count).